The molecule has 1 atom stereocenters. The summed E-state index contributed by atoms with van der Waals surface area (Å²) < 4.78 is 0. The smallest absolute Gasteiger partial charge is 0.0294 e. The van der Waals surface area contributed by atoms with Gasteiger partial charge in [-0.3, -0.25) is 0 Å². The normalized spacial score (nSPS) is 25.5. The highest BCUT2D eigenvalue weighted by atomic mass is 14.2. The molecule has 1 rings (SSSR count). The van der Waals surface area contributed by atoms with Crippen LogP contribution in [0.4, 0.5) is 0 Å². The highest BCUT2D eigenvalue weighted by Gasteiger charge is 2.13. The highest BCUT2D eigenvalue weighted by Crippen LogP contribution is 2.28. The van der Waals surface area contributed by atoms with Crippen LogP contribution in [0.1, 0.15) is 46.5 Å². The molecule has 0 aromatic rings. The summed E-state index contributed by atoms with van der Waals surface area (Å²) in [5.74, 6) is 1.87. The van der Waals surface area contributed by atoms with Gasteiger partial charge < -0.3 is 0 Å². The molecular weight excluding hydrogens is 132 g/mol. The first kappa shape index (κ1) is 8.83. The third-order valence-corrected chi connectivity index (χ3v) is 2.48. The van der Waals surface area contributed by atoms with Gasteiger partial charge in [0.15, 0.2) is 0 Å². The highest BCUT2D eigenvalue weighted by molar-refractivity contribution is 5.03. The summed E-state index contributed by atoms with van der Waals surface area (Å²) in [6.45, 7) is 6.92. The van der Waals surface area contributed by atoms with E-state index in [4.69, 9.17) is 0 Å². The fraction of sp³-hybridized carbons (Fsp3) is 0.818. The number of hydrogen-bond acceptors (Lipinski definition) is 0. The van der Waals surface area contributed by atoms with Crippen molar-refractivity contribution < 1.29 is 0 Å². The van der Waals surface area contributed by atoms with E-state index < -0.39 is 0 Å². The van der Waals surface area contributed by atoms with Gasteiger partial charge in [-0.1, -0.05) is 25.5 Å². The van der Waals surface area contributed by atoms with E-state index in [0.717, 1.165) is 11.8 Å². The van der Waals surface area contributed by atoms with Crippen molar-refractivity contribution in [3.8, 4) is 0 Å². The maximum Gasteiger partial charge on any atom is -0.0294 e. The molecule has 0 saturated heterocycles. The Hall–Kier alpha value is -0.260. The molecule has 0 heterocycles. The van der Waals surface area contributed by atoms with Crippen LogP contribution < -0.4 is 0 Å². The third kappa shape index (κ3) is 3.09. The summed E-state index contributed by atoms with van der Waals surface area (Å²) in [6, 6.07) is 0. The second kappa shape index (κ2) is 3.94. The van der Waals surface area contributed by atoms with Gasteiger partial charge in [0.1, 0.15) is 0 Å². The first-order valence-electron chi connectivity index (χ1n) is 4.84. The topological polar surface area (TPSA) is 0 Å². The van der Waals surface area contributed by atoms with Crippen molar-refractivity contribution >= 4 is 0 Å². The number of hydrogen-bond donors (Lipinski definition) is 0. The second-order valence-corrected chi connectivity index (χ2v) is 4.33. The molecule has 0 saturated carbocycles. The van der Waals surface area contributed by atoms with Gasteiger partial charge in [-0.25, -0.2) is 0 Å². The molecule has 0 bridgehead atoms. The summed E-state index contributed by atoms with van der Waals surface area (Å²) in [4.78, 5) is 0. The third-order valence-electron chi connectivity index (χ3n) is 2.48. The molecular formula is C11H20. The van der Waals surface area contributed by atoms with Gasteiger partial charge in [0.25, 0.3) is 0 Å². The lowest BCUT2D eigenvalue weighted by Crippen LogP contribution is -2.08. The Morgan fingerprint density at radius 1 is 1.55 bits per heavy atom. The summed E-state index contributed by atoms with van der Waals surface area (Å²) in [7, 11) is 0. The largest absolute Gasteiger partial charge is 0.0856 e. The monoisotopic (exact) mass is 152 g/mol. The van der Waals surface area contributed by atoms with E-state index in [1.165, 1.54) is 25.7 Å². The molecule has 64 valence electrons. The van der Waals surface area contributed by atoms with Gasteiger partial charge in [0.2, 0.25) is 0 Å². The minimum atomic E-state index is 0.880. The first-order valence-corrected chi connectivity index (χ1v) is 4.84. The van der Waals surface area contributed by atoms with Crippen LogP contribution in [0.3, 0.4) is 0 Å². The Bertz CT molecular complexity index is 142. The zero-order valence-electron chi connectivity index (χ0n) is 8.06. The molecule has 1 unspecified atom stereocenters. The van der Waals surface area contributed by atoms with Crippen molar-refractivity contribution in [3.05, 3.63) is 11.6 Å². The van der Waals surface area contributed by atoms with Crippen LogP contribution in [0.25, 0.3) is 0 Å². The summed E-state index contributed by atoms with van der Waals surface area (Å²) in [5.41, 5.74) is 1.61. The Morgan fingerprint density at radius 2 is 2.27 bits per heavy atom. The van der Waals surface area contributed by atoms with Gasteiger partial charge in [0.05, 0.1) is 0 Å². The second-order valence-electron chi connectivity index (χ2n) is 4.33. The summed E-state index contributed by atoms with van der Waals surface area (Å²) in [6.07, 6.45) is 7.93. The molecule has 0 nitrogen and oxygen atoms in total. The van der Waals surface area contributed by atoms with Gasteiger partial charge in [-0.15, -0.1) is 0 Å². The van der Waals surface area contributed by atoms with Crippen LogP contribution in [0.15, 0.2) is 11.6 Å². The fourth-order valence-electron chi connectivity index (χ4n) is 2.07. The van der Waals surface area contributed by atoms with E-state index in [9.17, 15) is 0 Å². The van der Waals surface area contributed by atoms with Crippen molar-refractivity contribution in [1.82, 2.24) is 0 Å². The Morgan fingerprint density at radius 3 is 2.82 bits per heavy atom. The van der Waals surface area contributed by atoms with Crippen molar-refractivity contribution in [2.24, 2.45) is 11.8 Å². The Labute approximate surface area is 70.7 Å². The van der Waals surface area contributed by atoms with Crippen LogP contribution in [-0.4, -0.2) is 0 Å². The standard InChI is InChI=1S/C11H20/c1-9(2)7-11-6-4-5-10(3)8-11/h5,9,11H,4,6-8H2,1-3H3. The quantitative estimate of drug-likeness (QED) is 0.528. The molecule has 0 N–H and O–H groups in total. The minimum Gasteiger partial charge on any atom is -0.0856 e. The molecule has 0 aliphatic heterocycles. The van der Waals surface area contributed by atoms with Crippen LogP contribution in [0.2, 0.25) is 0 Å². The SMILES string of the molecule is CC1=CCCC(CC(C)C)C1. The molecule has 1 aliphatic rings. The van der Waals surface area contributed by atoms with Crippen molar-refractivity contribution in [2.75, 3.05) is 0 Å². The number of rotatable bonds is 2. The molecule has 0 fully saturated rings. The van der Waals surface area contributed by atoms with Crippen molar-refractivity contribution in [2.45, 2.75) is 46.5 Å². The predicted molar refractivity (Wildman–Crippen MR) is 50.6 cm³/mol. The van der Waals surface area contributed by atoms with Crippen molar-refractivity contribution in [3.63, 3.8) is 0 Å². The predicted octanol–water partition coefficient (Wildman–Crippen LogP) is 3.78. The van der Waals surface area contributed by atoms with Gasteiger partial charge in [-0.2, -0.15) is 0 Å². The Balaban J connectivity index is 2.32. The lowest BCUT2D eigenvalue weighted by molar-refractivity contribution is 0.374. The molecule has 0 aromatic carbocycles. The van der Waals surface area contributed by atoms with Gasteiger partial charge in [0, 0.05) is 0 Å². The minimum absolute atomic E-state index is 0.880. The molecule has 0 spiro atoms. The van der Waals surface area contributed by atoms with Crippen molar-refractivity contribution in [1.29, 1.82) is 0 Å². The van der Waals surface area contributed by atoms with Gasteiger partial charge in [-0.05, 0) is 44.4 Å². The van der Waals surface area contributed by atoms with Crippen LogP contribution in [0, 0.1) is 11.8 Å². The van der Waals surface area contributed by atoms with Crippen LogP contribution >= 0.6 is 0 Å². The van der Waals surface area contributed by atoms with Crippen LogP contribution in [-0.2, 0) is 0 Å². The average Bonchev–Trinajstić information content (AvgIpc) is 1.85. The van der Waals surface area contributed by atoms with Crippen LogP contribution in [0.5, 0.6) is 0 Å². The Kier molecular flexibility index (Phi) is 3.16. The summed E-state index contributed by atoms with van der Waals surface area (Å²) >= 11 is 0. The van der Waals surface area contributed by atoms with E-state index in [1.807, 2.05) is 0 Å². The first-order chi connectivity index (χ1) is 5.18. The zero-order chi connectivity index (χ0) is 8.27. The maximum absolute atomic E-state index is 2.40. The maximum atomic E-state index is 2.40. The fourth-order valence-corrected chi connectivity index (χ4v) is 2.07. The molecule has 11 heavy (non-hydrogen) atoms. The molecule has 0 radical (unpaired) electrons. The average molecular weight is 152 g/mol. The molecule has 0 aromatic heterocycles. The number of allylic oxidation sites excluding steroid dienone is 2. The summed E-state index contributed by atoms with van der Waals surface area (Å²) in [5, 5.41) is 0. The lowest BCUT2D eigenvalue weighted by atomic mass is 9.84. The molecule has 0 amide bonds. The molecule has 0 heteroatoms. The van der Waals surface area contributed by atoms with E-state index in [0.29, 0.717) is 0 Å². The van der Waals surface area contributed by atoms with E-state index in [1.54, 1.807) is 5.57 Å². The van der Waals surface area contributed by atoms with E-state index in [-0.39, 0.29) is 0 Å². The van der Waals surface area contributed by atoms with Gasteiger partial charge >= 0.3 is 0 Å². The zero-order valence-corrected chi connectivity index (χ0v) is 8.06. The lowest BCUT2D eigenvalue weighted by Gasteiger charge is -2.22. The van der Waals surface area contributed by atoms with E-state index >= 15 is 0 Å². The molecule has 1 aliphatic carbocycles. The van der Waals surface area contributed by atoms with E-state index in [2.05, 4.69) is 26.8 Å².